The van der Waals surface area contributed by atoms with Crippen LogP contribution in [-0.2, 0) is 11.3 Å². The summed E-state index contributed by atoms with van der Waals surface area (Å²) in [6, 6.07) is 4.46. The Hall–Kier alpha value is -1.13. The van der Waals surface area contributed by atoms with E-state index in [0.29, 0.717) is 17.2 Å². The van der Waals surface area contributed by atoms with Crippen molar-refractivity contribution < 1.29 is 9.66 Å². The van der Waals surface area contributed by atoms with Crippen LogP contribution < -0.4 is 0 Å². The van der Waals surface area contributed by atoms with Crippen LogP contribution in [-0.4, -0.2) is 11.0 Å². The highest BCUT2D eigenvalue weighted by molar-refractivity contribution is 6.31. The summed E-state index contributed by atoms with van der Waals surface area (Å²) in [5.74, 6) is 0. The minimum absolute atomic E-state index is 0.0571. The van der Waals surface area contributed by atoms with Crippen molar-refractivity contribution in [2.75, 3.05) is 0 Å². The third-order valence-electron chi connectivity index (χ3n) is 3.27. The van der Waals surface area contributed by atoms with Crippen molar-refractivity contribution in [3.05, 3.63) is 38.9 Å². The normalized spacial score (nSPS) is 16.7. The van der Waals surface area contributed by atoms with Crippen LogP contribution in [0.25, 0.3) is 0 Å². The van der Waals surface area contributed by atoms with Gasteiger partial charge < -0.3 is 4.74 Å². The molecular weight excluding hydrogens is 254 g/mol. The molecule has 0 aromatic heterocycles. The lowest BCUT2D eigenvalue weighted by Crippen LogP contribution is -2.16. The number of hydrogen-bond donors (Lipinski definition) is 0. The van der Waals surface area contributed by atoms with E-state index in [4.69, 9.17) is 16.3 Å². The second-order valence-corrected chi connectivity index (χ2v) is 5.01. The monoisotopic (exact) mass is 269 g/mol. The van der Waals surface area contributed by atoms with Gasteiger partial charge in [-0.1, -0.05) is 30.9 Å². The van der Waals surface area contributed by atoms with Crippen molar-refractivity contribution >= 4 is 17.3 Å². The lowest BCUT2D eigenvalue weighted by Gasteiger charge is -2.22. The summed E-state index contributed by atoms with van der Waals surface area (Å²) in [6.45, 7) is 0.352. The molecule has 2 rings (SSSR count). The van der Waals surface area contributed by atoms with Crippen molar-refractivity contribution in [3.8, 4) is 0 Å². The van der Waals surface area contributed by atoms with Crippen LogP contribution in [0.1, 0.15) is 37.7 Å². The minimum Gasteiger partial charge on any atom is -0.373 e. The molecule has 1 aliphatic carbocycles. The number of benzene rings is 1. The van der Waals surface area contributed by atoms with Gasteiger partial charge in [-0.15, -0.1) is 0 Å². The smallest absolute Gasteiger partial charge is 0.269 e. The maximum Gasteiger partial charge on any atom is 0.269 e. The highest BCUT2D eigenvalue weighted by atomic mass is 35.5. The van der Waals surface area contributed by atoms with Crippen molar-refractivity contribution in [2.45, 2.75) is 44.8 Å². The highest BCUT2D eigenvalue weighted by Crippen LogP contribution is 2.25. The first-order valence-electron chi connectivity index (χ1n) is 6.21. The number of ether oxygens (including phenoxy) is 1. The zero-order chi connectivity index (χ0) is 13.0. The molecule has 0 spiro atoms. The number of nitro groups is 1. The molecule has 4 nitrogen and oxygen atoms in total. The minimum atomic E-state index is -0.416. The molecule has 0 atom stereocenters. The zero-order valence-corrected chi connectivity index (χ0v) is 10.9. The Morgan fingerprint density at radius 1 is 1.33 bits per heavy atom. The van der Waals surface area contributed by atoms with Gasteiger partial charge in [-0.05, 0) is 18.9 Å². The maximum atomic E-state index is 10.7. The van der Waals surface area contributed by atoms with E-state index in [9.17, 15) is 10.1 Å². The van der Waals surface area contributed by atoms with Crippen LogP contribution in [0.15, 0.2) is 18.2 Å². The molecule has 1 fully saturated rings. The zero-order valence-electron chi connectivity index (χ0n) is 10.1. The van der Waals surface area contributed by atoms with Gasteiger partial charge in [0, 0.05) is 22.7 Å². The van der Waals surface area contributed by atoms with E-state index < -0.39 is 4.92 Å². The molecule has 0 amide bonds. The van der Waals surface area contributed by atoms with Crippen LogP contribution in [0.3, 0.4) is 0 Å². The molecule has 1 saturated carbocycles. The molecule has 0 saturated heterocycles. The quantitative estimate of drug-likeness (QED) is 0.611. The van der Waals surface area contributed by atoms with Gasteiger partial charge in [0.05, 0.1) is 17.6 Å². The number of nitrogens with zero attached hydrogens (tertiary/aromatic N) is 1. The Morgan fingerprint density at radius 3 is 2.72 bits per heavy atom. The molecule has 1 aromatic carbocycles. The average Bonchev–Trinajstić information content (AvgIpc) is 2.38. The summed E-state index contributed by atoms with van der Waals surface area (Å²) in [5, 5.41) is 11.2. The van der Waals surface area contributed by atoms with Gasteiger partial charge >= 0.3 is 0 Å². The molecule has 0 unspecified atom stereocenters. The molecule has 18 heavy (non-hydrogen) atoms. The highest BCUT2D eigenvalue weighted by Gasteiger charge is 2.15. The average molecular weight is 270 g/mol. The van der Waals surface area contributed by atoms with E-state index in [-0.39, 0.29) is 11.8 Å². The molecule has 0 N–H and O–H groups in total. The van der Waals surface area contributed by atoms with Crippen LogP contribution in [0.2, 0.25) is 5.02 Å². The van der Waals surface area contributed by atoms with Gasteiger partial charge in [0.25, 0.3) is 5.69 Å². The molecule has 98 valence electrons. The summed E-state index contributed by atoms with van der Waals surface area (Å²) >= 11 is 6.02. The standard InChI is InChI=1S/C13H16ClNO3/c14-13-7-6-11(15(16)17)8-10(13)9-18-12-4-2-1-3-5-12/h6-8,12H,1-5,9H2. The SMILES string of the molecule is O=[N+]([O-])c1ccc(Cl)c(COC2CCCCC2)c1. The first kappa shape index (κ1) is 13.3. The Labute approximate surface area is 111 Å². The summed E-state index contributed by atoms with van der Waals surface area (Å²) in [6.07, 6.45) is 6.10. The first-order chi connectivity index (χ1) is 8.66. The van der Waals surface area contributed by atoms with Crippen molar-refractivity contribution in [3.63, 3.8) is 0 Å². The topological polar surface area (TPSA) is 52.4 Å². The predicted molar refractivity (Wildman–Crippen MR) is 69.8 cm³/mol. The fraction of sp³-hybridized carbons (Fsp3) is 0.538. The van der Waals surface area contributed by atoms with E-state index in [1.165, 1.54) is 31.4 Å². The van der Waals surface area contributed by atoms with E-state index in [2.05, 4.69) is 0 Å². The van der Waals surface area contributed by atoms with Crippen molar-refractivity contribution in [1.82, 2.24) is 0 Å². The van der Waals surface area contributed by atoms with Crippen LogP contribution in [0.4, 0.5) is 5.69 Å². The van der Waals surface area contributed by atoms with Gasteiger partial charge in [0.15, 0.2) is 0 Å². The van der Waals surface area contributed by atoms with Crippen LogP contribution in [0, 0.1) is 10.1 Å². The Kier molecular flexibility index (Phi) is 4.55. The lowest BCUT2D eigenvalue weighted by atomic mass is 9.98. The molecule has 0 radical (unpaired) electrons. The Balaban J connectivity index is 1.99. The maximum absolute atomic E-state index is 10.7. The fourth-order valence-electron chi connectivity index (χ4n) is 2.22. The number of nitro benzene ring substituents is 1. The number of rotatable bonds is 4. The largest absolute Gasteiger partial charge is 0.373 e. The predicted octanol–water partition coefficient (Wildman–Crippen LogP) is 4.10. The van der Waals surface area contributed by atoms with Gasteiger partial charge in [0.2, 0.25) is 0 Å². The number of hydrogen-bond acceptors (Lipinski definition) is 3. The van der Waals surface area contributed by atoms with Gasteiger partial charge in [-0.25, -0.2) is 0 Å². The molecule has 1 aliphatic rings. The van der Waals surface area contributed by atoms with Crippen LogP contribution >= 0.6 is 11.6 Å². The van der Waals surface area contributed by atoms with Crippen molar-refractivity contribution in [1.29, 1.82) is 0 Å². The summed E-state index contributed by atoms with van der Waals surface area (Å²) in [4.78, 5) is 10.3. The fourth-order valence-corrected chi connectivity index (χ4v) is 2.40. The second-order valence-electron chi connectivity index (χ2n) is 4.60. The van der Waals surface area contributed by atoms with E-state index in [1.54, 1.807) is 6.07 Å². The third-order valence-corrected chi connectivity index (χ3v) is 3.64. The summed E-state index contributed by atoms with van der Waals surface area (Å²) in [5.41, 5.74) is 0.748. The van der Waals surface area contributed by atoms with Gasteiger partial charge in [0.1, 0.15) is 0 Å². The molecule has 0 heterocycles. The van der Waals surface area contributed by atoms with E-state index in [1.807, 2.05) is 0 Å². The molecule has 1 aromatic rings. The molecular formula is C13H16ClNO3. The van der Waals surface area contributed by atoms with E-state index in [0.717, 1.165) is 12.8 Å². The molecule has 5 heteroatoms. The van der Waals surface area contributed by atoms with Crippen LogP contribution in [0.5, 0.6) is 0 Å². The van der Waals surface area contributed by atoms with Gasteiger partial charge in [-0.2, -0.15) is 0 Å². The second kappa shape index (κ2) is 6.16. The Bertz CT molecular complexity index is 430. The van der Waals surface area contributed by atoms with E-state index >= 15 is 0 Å². The van der Waals surface area contributed by atoms with Gasteiger partial charge in [-0.3, -0.25) is 10.1 Å². The van der Waals surface area contributed by atoms with Crippen molar-refractivity contribution in [2.24, 2.45) is 0 Å². The molecule has 0 aliphatic heterocycles. The Morgan fingerprint density at radius 2 is 2.06 bits per heavy atom. The number of halogens is 1. The number of non-ortho nitro benzene ring substituents is 1. The first-order valence-corrected chi connectivity index (χ1v) is 6.59. The molecule has 0 bridgehead atoms. The third kappa shape index (κ3) is 3.43. The summed E-state index contributed by atoms with van der Waals surface area (Å²) < 4.78 is 5.78. The summed E-state index contributed by atoms with van der Waals surface area (Å²) in [7, 11) is 0. The lowest BCUT2D eigenvalue weighted by molar-refractivity contribution is -0.385.